The zero-order valence-corrected chi connectivity index (χ0v) is 35.9. The summed E-state index contributed by atoms with van der Waals surface area (Å²) in [4.78, 5) is 2.02. The number of hydrogen-bond acceptors (Lipinski definition) is 1. The maximum absolute atomic E-state index is 14.0. The summed E-state index contributed by atoms with van der Waals surface area (Å²) in [6, 6.07) is 17.7. The quantitative estimate of drug-likeness (QED) is 0.103. The average Bonchev–Trinajstić information content (AvgIpc) is 3.05. The van der Waals surface area contributed by atoms with Gasteiger partial charge in [-0.05, 0) is 0 Å². The van der Waals surface area contributed by atoms with Gasteiger partial charge in [0.25, 0.3) is 0 Å². The van der Waals surface area contributed by atoms with Gasteiger partial charge in [0.2, 0.25) is 0 Å². The van der Waals surface area contributed by atoms with Crippen molar-refractivity contribution in [3.8, 4) is 0 Å². The summed E-state index contributed by atoms with van der Waals surface area (Å²) in [6.45, 7) is 4.00. The normalized spacial score (nSPS) is 17.4. The fourth-order valence-corrected chi connectivity index (χ4v) is 9.45. The van der Waals surface area contributed by atoms with E-state index in [0.717, 1.165) is 99.7 Å². The van der Waals surface area contributed by atoms with E-state index in [0.29, 0.717) is 36.0 Å². The molecule has 0 saturated carbocycles. The Morgan fingerprint density at radius 2 is 1.52 bits per heavy atom. The summed E-state index contributed by atoms with van der Waals surface area (Å²) >= 11 is 7.17. The van der Waals surface area contributed by atoms with Crippen LogP contribution in [0, 0.1) is 0 Å². The number of alkyl halides is 6. The van der Waals surface area contributed by atoms with Crippen LogP contribution in [0.2, 0.25) is 3.98 Å². The van der Waals surface area contributed by atoms with Crippen LogP contribution in [0.4, 0.5) is 26.3 Å². The fourth-order valence-electron chi connectivity index (χ4n) is 5.52. The van der Waals surface area contributed by atoms with Gasteiger partial charge >= 0.3 is 309 Å². The van der Waals surface area contributed by atoms with Gasteiger partial charge in [-0.15, -0.1) is 0 Å². The molecule has 0 N–H and O–H groups in total. The molecular formula is C38H33F6Pb2S2+. The first-order chi connectivity index (χ1) is 22.8. The molecule has 0 fully saturated rings. The second kappa shape index (κ2) is 17.4. The summed E-state index contributed by atoms with van der Waals surface area (Å²) < 4.78 is 86.1. The van der Waals surface area contributed by atoms with E-state index in [-0.39, 0.29) is 11.6 Å². The number of allylic oxidation sites excluding steroid dienone is 11. The third-order valence-electron chi connectivity index (χ3n) is 7.60. The Hall–Kier alpha value is -1.78. The van der Waals surface area contributed by atoms with Crippen molar-refractivity contribution in [1.82, 2.24) is 0 Å². The molecular weight excluding hydrogens is 1050 g/mol. The molecule has 0 atom stereocenters. The molecule has 3 aromatic carbocycles. The predicted octanol–water partition coefficient (Wildman–Crippen LogP) is 11.4. The van der Waals surface area contributed by atoms with E-state index in [4.69, 9.17) is 0 Å². The van der Waals surface area contributed by atoms with Crippen molar-refractivity contribution in [3.05, 3.63) is 145 Å². The second-order valence-corrected chi connectivity index (χ2v) is 17.4. The summed E-state index contributed by atoms with van der Waals surface area (Å²) in [7, 11) is 0. The number of benzene rings is 3. The van der Waals surface area contributed by atoms with E-state index in [2.05, 4.69) is 30.8 Å². The van der Waals surface area contributed by atoms with Gasteiger partial charge in [-0.1, -0.05) is 13.8 Å². The Morgan fingerprint density at radius 3 is 2.17 bits per heavy atom. The van der Waals surface area contributed by atoms with Crippen LogP contribution in [-0.4, -0.2) is 51.5 Å². The Bertz CT molecular complexity index is 1790. The molecule has 246 valence electrons. The SMILES string of the molecule is CC.FC(F)(F)c1cc(C2=C(/C=C/C(=C/[CH2][Pb])c3ccccc3[SH2+])CCC/C2=C\C=C2/C=[C]([Pb])Sc3ccccc32)cc(C(F)(F)F)c1. The molecule has 6 radical (unpaired) electrons. The molecule has 0 nitrogen and oxygen atoms in total. The Balaban J connectivity index is 0.00000255. The van der Waals surface area contributed by atoms with Crippen molar-refractivity contribution in [2.45, 2.75) is 59.2 Å². The number of rotatable bonds is 6. The average molecular weight is 1080 g/mol. The standard InChI is InChI=1S/C36H26F6S2.C2H6.2Pb/c1-2-23(30-10-3-5-12-32(30)43)14-16-25-8-7-9-26(17-15-24-18-19-44-33-13-6-4-11-31(24)33)34(25)27-20-28(35(37,38)39)22-29(21-27)36(40,41)42;1-2;;/h2-6,10-18,20-22,43H,1,7-9H2;1-2H3;;/p+1/b16-14+,23-2-,24-15+,26-17+;;;. The van der Waals surface area contributed by atoms with Gasteiger partial charge in [0, 0.05) is 0 Å². The molecule has 1 aliphatic carbocycles. The van der Waals surface area contributed by atoms with Crippen LogP contribution in [0.5, 0.6) is 0 Å². The van der Waals surface area contributed by atoms with Crippen LogP contribution in [0.25, 0.3) is 16.7 Å². The van der Waals surface area contributed by atoms with E-state index in [1.165, 1.54) is 2.46 Å². The zero-order chi connectivity index (χ0) is 35.1. The number of thioether (sulfide) groups is 1. The van der Waals surface area contributed by atoms with E-state index >= 15 is 0 Å². The van der Waals surface area contributed by atoms with Crippen LogP contribution in [0.15, 0.2) is 127 Å². The van der Waals surface area contributed by atoms with Gasteiger partial charge in [0.05, 0.1) is 0 Å². The molecule has 48 heavy (non-hydrogen) atoms. The van der Waals surface area contributed by atoms with Crippen molar-refractivity contribution in [2.24, 2.45) is 0 Å². The number of hydrogen-bond donors (Lipinski definition) is 0. The third kappa shape index (κ3) is 9.93. The first kappa shape index (κ1) is 39.0. The summed E-state index contributed by atoms with van der Waals surface area (Å²) in [5.41, 5.74) is 3.03. The van der Waals surface area contributed by atoms with Gasteiger partial charge < -0.3 is 0 Å². The predicted molar refractivity (Wildman–Crippen MR) is 193 cm³/mol. The van der Waals surface area contributed by atoms with Crippen LogP contribution in [-0.2, 0) is 25.0 Å². The monoisotopic (exact) mass is 1080 g/mol. The van der Waals surface area contributed by atoms with Crippen molar-refractivity contribution in [2.75, 3.05) is 0 Å². The van der Waals surface area contributed by atoms with Crippen molar-refractivity contribution < 1.29 is 26.3 Å². The van der Waals surface area contributed by atoms with Crippen LogP contribution < -0.4 is 0 Å². The molecule has 1 heterocycles. The first-order valence-corrected chi connectivity index (χ1v) is 21.3. The van der Waals surface area contributed by atoms with Crippen LogP contribution >= 0.6 is 11.8 Å². The van der Waals surface area contributed by atoms with Gasteiger partial charge in [-0.2, -0.15) is 0 Å². The fraction of sp³-hybridized carbons (Fsp3) is 0.211. The topological polar surface area (TPSA) is 0 Å². The summed E-state index contributed by atoms with van der Waals surface area (Å²) in [5.74, 6) is 0. The molecule has 5 rings (SSSR count). The van der Waals surface area contributed by atoms with E-state index in [9.17, 15) is 26.3 Å². The van der Waals surface area contributed by atoms with Crippen molar-refractivity contribution in [1.29, 1.82) is 0 Å². The van der Waals surface area contributed by atoms with Gasteiger partial charge in [-0.3, -0.25) is 0 Å². The summed E-state index contributed by atoms with van der Waals surface area (Å²) in [5, 5.41) is 0. The van der Waals surface area contributed by atoms with Crippen LogP contribution in [0.3, 0.4) is 0 Å². The molecule has 10 heteroatoms. The molecule has 0 amide bonds. The number of fused-ring (bicyclic) bond motifs is 1. The van der Waals surface area contributed by atoms with Gasteiger partial charge in [0.15, 0.2) is 0 Å². The minimum atomic E-state index is -4.94. The molecule has 0 aromatic heterocycles. The van der Waals surface area contributed by atoms with Gasteiger partial charge in [0.1, 0.15) is 0 Å². The van der Waals surface area contributed by atoms with Crippen molar-refractivity contribution >= 4 is 92.6 Å². The minimum absolute atomic E-state index is 0.0844. The van der Waals surface area contributed by atoms with Crippen molar-refractivity contribution in [3.63, 3.8) is 0 Å². The Labute approximate surface area is 320 Å². The zero-order valence-electron chi connectivity index (χ0n) is 26.3. The first-order valence-electron chi connectivity index (χ1n) is 15.3. The second-order valence-electron chi connectivity index (χ2n) is 10.7. The Morgan fingerprint density at radius 1 is 0.875 bits per heavy atom. The molecule has 2 aliphatic rings. The molecule has 0 saturated heterocycles. The third-order valence-corrected chi connectivity index (χ3v) is 11.5. The van der Waals surface area contributed by atoms with Crippen LogP contribution in [0.1, 0.15) is 60.9 Å². The molecule has 1 aliphatic heterocycles. The Kier molecular flexibility index (Phi) is 14.2. The number of halogens is 6. The van der Waals surface area contributed by atoms with E-state index in [1.807, 2.05) is 80.6 Å². The molecule has 0 unspecified atom stereocenters. The van der Waals surface area contributed by atoms with E-state index in [1.54, 1.807) is 11.8 Å². The molecule has 0 bridgehead atoms. The maximum atomic E-state index is 14.0. The van der Waals surface area contributed by atoms with E-state index < -0.39 is 23.5 Å². The molecule has 0 spiro atoms. The summed E-state index contributed by atoms with van der Waals surface area (Å²) in [6.07, 6.45) is 3.71. The molecule has 3 aromatic rings. The van der Waals surface area contributed by atoms with Gasteiger partial charge in [-0.25, -0.2) is 0 Å².